The molecule has 1 aromatic rings. The Labute approximate surface area is 124 Å². The SMILES string of the molecule is CSCCCCC(=O)Nc1cccc(CCC(=O)O)c1. The molecule has 2 N–H and O–H groups in total. The topological polar surface area (TPSA) is 66.4 Å². The van der Waals surface area contributed by atoms with Gasteiger partial charge in [0.25, 0.3) is 0 Å². The lowest BCUT2D eigenvalue weighted by atomic mass is 10.1. The first-order valence-electron chi connectivity index (χ1n) is 6.71. The first kappa shape index (κ1) is 16.6. The Morgan fingerprint density at radius 2 is 2.05 bits per heavy atom. The van der Waals surface area contributed by atoms with Gasteiger partial charge in [0.05, 0.1) is 0 Å². The summed E-state index contributed by atoms with van der Waals surface area (Å²) in [5.41, 5.74) is 1.66. The fourth-order valence-corrected chi connectivity index (χ4v) is 2.30. The summed E-state index contributed by atoms with van der Waals surface area (Å²) in [7, 11) is 0. The Morgan fingerprint density at radius 3 is 2.75 bits per heavy atom. The van der Waals surface area contributed by atoms with Crippen molar-refractivity contribution in [2.75, 3.05) is 17.3 Å². The van der Waals surface area contributed by atoms with Gasteiger partial charge in [-0.15, -0.1) is 0 Å². The lowest BCUT2D eigenvalue weighted by Crippen LogP contribution is -2.11. The number of benzene rings is 1. The third-order valence-corrected chi connectivity index (χ3v) is 3.54. The second kappa shape index (κ2) is 9.42. The number of carboxylic acid groups (broad SMARTS) is 1. The summed E-state index contributed by atoms with van der Waals surface area (Å²) < 4.78 is 0. The molecule has 0 fully saturated rings. The molecule has 0 aliphatic carbocycles. The van der Waals surface area contributed by atoms with Crippen molar-refractivity contribution in [2.24, 2.45) is 0 Å². The van der Waals surface area contributed by atoms with Gasteiger partial charge in [-0.2, -0.15) is 11.8 Å². The Bertz CT molecular complexity index is 448. The number of nitrogens with one attached hydrogen (secondary N) is 1. The van der Waals surface area contributed by atoms with Crippen LogP contribution in [0.4, 0.5) is 5.69 Å². The number of aryl methyl sites for hydroxylation is 1. The first-order valence-corrected chi connectivity index (χ1v) is 8.10. The molecule has 0 aliphatic rings. The third-order valence-electron chi connectivity index (χ3n) is 2.84. The van der Waals surface area contributed by atoms with Gasteiger partial charge in [0.1, 0.15) is 0 Å². The summed E-state index contributed by atoms with van der Waals surface area (Å²) in [6, 6.07) is 7.37. The molecule has 0 atom stereocenters. The molecule has 1 rings (SSSR count). The molecular weight excluding hydrogens is 274 g/mol. The van der Waals surface area contributed by atoms with Crippen molar-refractivity contribution < 1.29 is 14.7 Å². The van der Waals surface area contributed by atoms with E-state index in [2.05, 4.69) is 11.6 Å². The van der Waals surface area contributed by atoms with Gasteiger partial charge in [-0.3, -0.25) is 9.59 Å². The summed E-state index contributed by atoms with van der Waals surface area (Å²) in [6.07, 6.45) is 5.11. The number of amides is 1. The molecule has 1 aromatic carbocycles. The van der Waals surface area contributed by atoms with Gasteiger partial charge in [0, 0.05) is 18.5 Å². The highest BCUT2D eigenvalue weighted by molar-refractivity contribution is 7.98. The van der Waals surface area contributed by atoms with E-state index < -0.39 is 5.97 Å². The van der Waals surface area contributed by atoms with Crippen LogP contribution in [-0.2, 0) is 16.0 Å². The van der Waals surface area contributed by atoms with Gasteiger partial charge in [-0.1, -0.05) is 12.1 Å². The number of thioether (sulfide) groups is 1. The number of aliphatic carboxylic acids is 1. The summed E-state index contributed by atoms with van der Waals surface area (Å²) in [5.74, 6) is 0.285. The number of rotatable bonds is 9. The van der Waals surface area contributed by atoms with E-state index in [-0.39, 0.29) is 12.3 Å². The smallest absolute Gasteiger partial charge is 0.303 e. The monoisotopic (exact) mass is 295 g/mol. The molecule has 5 heteroatoms. The molecule has 20 heavy (non-hydrogen) atoms. The highest BCUT2D eigenvalue weighted by atomic mass is 32.2. The van der Waals surface area contributed by atoms with Gasteiger partial charge in [-0.05, 0) is 49.0 Å². The lowest BCUT2D eigenvalue weighted by molar-refractivity contribution is -0.137. The van der Waals surface area contributed by atoms with Gasteiger partial charge < -0.3 is 10.4 Å². The molecule has 0 aromatic heterocycles. The zero-order valence-corrected chi connectivity index (χ0v) is 12.5. The Balaban J connectivity index is 2.40. The molecule has 0 heterocycles. The van der Waals surface area contributed by atoms with Crippen LogP contribution in [0.1, 0.15) is 31.2 Å². The second-order valence-electron chi connectivity index (χ2n) is 4.59. The predicted octanol–water partition coefficient (Wildman–Crippen LogP) is 3.18. The molecule has 0 bridgehead atoms. The van der Waals surface area contributed by atoms with Crippen LogP contribution in [0.3, 0.4) is 0 Å². The quantitative estimate of drug-likeness (QED) is 0.687. The molecule has 0 unspecified atom stereocenters. The van der Waals surface area contributed by atoms with Crippen LogP contribution in [0.25, 0.3) is 0 Å². The third kappa shape index (κ3) is 7.19. The zero-order valence-electron chi connectivity index (χ0n) is 11.7. The Kier molecular flexibility index (Phi) is 7.80. The number of carbonyl (C=O) groups is 2. The fraction of sp³-hybridized carbons (Fsp3) is 0.467. The van der Waals surface area contributed by atoms with E-state index in [0.717, 1.165) is 29.8 Å². The number of carbonyl (C=O) groups excluding carboxylic acids is 1. The van der Waals surface area contributed by atoms with Gasteiger partial charge >= 0.3 is 5.97 Å². The average Bonchev–Trinajstić information content (AvgIpc) is 2.42. The first-order chi connectivity index (χ1) is 9.61. The maximum Gasteiger partial charge on any atom is 0.303 e. The highest BCUT2D eigenvalue weighted by Crippen LogP contribution is 2.13. The van der Waals surface area contributed by atoms with E-state index in [1.54, 1.807) is 11.8 Å². The molecule has 110 valence electrons. The van der Waals surface area contributed by atoms with E-state index in [1.807, 2.05) is 24.3 Å². The van der Waals surface area contributed by atoms with Crippen LogP contribution < -0.4 is 5.32 Å². The van der Waals surface area contributed by atoms with Gasteiger partial charge in [-0.25, -0.2) is 0 Å². The number of hydrogen-bond donors (Lipinski definition) is 2. The van der Waals surface area contributed by atoms with Crippen molar-refractivity contribution in [2.45, 2.75) is 32.1 Å². The predicted molar refractivity (Wildman–Crippen MR) is 83.3 cm³/mol. The van der Waals surface area contributed by atoms with Crippen molar-refractivity contribution in [3.63, 3.8) is 0 Å². The molecule has 0 spiro atoms. The molecule has 0 aliphatic heterocycles. The number of hydrogen-bond acceptors (Lipinski definition) is 3. The van der Waals surface area contributed by atoms with Crippen molar-refractivity contribution >= 4 is 29.3 Å². The summed E-state index contributed by atoms with van der Waals surface area (Å²) in [6.45, 7) is 0. The van der Waals surface area contributed by atoms with E-state index in [4.69, 9.17) is 5.11 Å². The standard InChI is InChI=1S/C15H21NO3S/c1-20-10-3-2-7-14(17)16-13-6-4-5-12(11-13)8-9-15(18)19/h4-6,11H,2-3,7-10H2,1H3,(H,16,17)(H,18,19). The molecular formula is C15H21NO3S. The maximum atomic E-state index is 11.7. The van der Waals surface area contributed by atoms with E-state index in [1.165, 1.54) is 0 Å². The summed E-state index contributed by atoms with van der Waals surface area (Å²) >= 11 is 1.79. The fourth-order valence-electron chi connectivity index (χ4n) is 1.81. The molecule has 0 saturated heterocycles. The second-order valence-corrected chi connectivity index (χ2v) is 5.58. The highest BCUT2D eigenvalue weighted by Gasteiger charge is 2.04. The molecule has 1 amide bonds. The number of unbranched alkanes of at least 4 members (excludes halogenated alkanes) is 1. The van der Waals surface area contributed by atoms with Crippen LogP contribution >= 0.6 is 11.8 Å². The molecule has 0 saturated carbocycles. The van der Waals surface area contributed by atoms with Crippen LogP contribution in [0, 0.1) is 0 Å². The van der Waals surface area contributed by atoms with Crippen LogP contribution in [0.2, 0.25) is 0 Å². The summed E-state index contributed by atoms with van der Waals surface area (Å²) in [4.78, 5) is 22.3. The van der Waals surface area contributed by atoms with E-state index in [9.17, 15) is 9.59 Å². The lowest BCUT2D eigenvalue weighted by Gasteiger charge is -2.07. The minimum atomic E-state index is -0.812. The Hall–Kier alpha value is -1.49. The van der Waals surface area contributed by atoms with E-state index >= 15 is 0 Å². The maximum absolute atomic E-state index is 11.7. The minimum Gasteiger partial charge on any atom is -0.481 e. The van der Waals surface area contributed by atoms with Crippen molar-refractivity contribution in [3.8, 4) is 0 Å². The van der Waals surface area contributed by atoms with Crippen molar-refractivity contribution in [1.29, 1.82) is 0 Å². The largest absolute Gasteiger partial charge is 0.481 e. The summed E-state index contributed by atoms with van der Waals surface area (Å²) in [5, 5.41) is 11.5. The van der Waals surface area contributed by atoms with Gasteiger partial charge in [0.2, 0.25) is 5.91 Å². The minimum absolute atomic E-state index is 0.0153. The molecule has 0 radical (unpaired) electrons. The van der Waals surface area contributed by atoms with E-state index in [0.29, 0.717) is 12.8 Å². The van der Waals surface area contributed by atoms with Gasteiger partial charge in [0.15, 0.2) is 0 Å². The average molecular weight is 295 g/mol. The van der Waals surface area contributed by atoms with Crippen LogP contribution in [-0.4, -0.2) is 29.0 Å². The van der Waals surface area contributed by atoms with Crippen LogP contribution in [0.5, 0.6) is 0 Å². The normalized spacial score (nSPS) is 10.2. The van der Waals surface area contributed by atoms with Crippen molar-refractivity contribution in [1.82, 2.24) is 0 Å². The molecule has 4 nitrogen and oxygen atoms in total. The Morgan fingerprint density at radius 1 is 1.25 bits per heavy atom. The van der Waals surface area contributed by atoms with Crippen molar-refractivity contribution in [3.05, 3.63) is 29.8 Å². The number of anilines is 1. The zero-order chi connectivity index (χ0) is 14.8. The number of carboxylic acids is 1. The van der Waals surface area contributed by atoms with Crippen LogP contribution in [0.15, 0.2) is 24.3 Å².